The highest BCUT2D eigenvalue weighted by atomic mass is 15.3. The molecule has 1 fully saturated rings. The lowest BCUT2D eigenvalue weighted by molar-refractivity contribution is 0.208. The number of piperazine rings is 1. The van der Waals surface area contributed by atoms with Crippen LogP contribution in [0.1, 0.15) is 13.8 Å². The Kier molecular flexibility index (Phi) is 5.00. The SMILES string of the molecule is CC(C)N1CCN(c2ncc(-c3ccc(N(C)C)cc3)cn2)CC1. The largest absolute Gasteiger partial charge is 0.378 e. The Hall–Kier alpha value is -2.14. The zero-order chi connectivity index (χ0) is 17.1. The highest BCUT2D eigenvalue weighted by molar-refractivity contribution is 5.65. The van der Waals surface area contributed by atoms with Gasteiger partial charge in [-0.2, -0.15) is 0 Å². The van der Waals surface area contributed by atoms with E-state index < -0.39 is 0 Å². The predicted molar refractivity (Wildman–Crippen MR) is 101 cm³/mol. The first kappa shape index (κ1) is 16.7. The summed E-state index contributed by atoms with van der Waals surface area (Å²) in [5.74, 6) is 0.840. The van der Waals surface area contributed by atoms with Gasteiger partial charge in [-0.05, 0) is 31.5 Å². The van der Waals surface area contributed by atoms with Crippen LogP contribution in [0.3, 0.4) is 0 Å². The van der Waals surface area contributed by atoms with Gasteiger partial charge in [0.1, 0.15) is 0 Å². The zero-order valence-corrected chi connectivity index (χ0v) is 15.1. The molecule has 0 bridgehead atoms. The fourth-order valence-corrected chi connectivity index (χ4v) is 3.02. The van der Waals surface area contributed by atoms with Crippen LogP contribution in [0.25, 0.3) is 11.1 Å². The highest BCUT2D eigenvalue weighted by Crippen LogP contribution is 2.22. The molecule has 128 valence electrons. The van der Waals surface area contributed by atoms with E-state index in [0.29, 0.717) is 6.04 Å². The Balaban J connectivity index is 1.67. The molecular weight excluding hydrogens is 298 g/mol. The van der Waals surface area contributed by atoms with Gasteiger partial charge in [-0.25, -0.2) is 9.97 Å². The molecule has 5 nitrogen and oxygen atoms in total. The Bertz CT molecular complexity index is 640. The molecule has 3 rings (SSSR count). The molecule has 0 amide bonds. The smallest absolute Gasteiger partial charge is 0.225 e. The molecule has 0 N–H and O–H groups in total. The van der Waals surface area contributed by atoms with E-state index in [1.54, 1.807) is 0 Å². The summed E-state index contributed by atoms with van der Waals surface area (Å²) in [5.41, 5.74) is 3.40. The Morgan fingerprint density at radius 1 is 0.875 bits per heavy atom. The lowest BCUT2D eigenvalue weighted by atomic mass is 10.1. The molecular formula is C19H27N5. The van der Waals surface area contributed by atoms with Crippen LogP contribution in [0.4, 0.5) is 11.6 Å². The Morgan fingerprint density at radius 3 is 1.96 bits per heavy atom. The topological polar surface area (TPSA) is 35.5 Å². The first-order valence-corrected chi connectivity index (χ1v) is 8.63. The minimum atomic E-state index is 0.612. The summed E-state index contributed by atoms with van der Waals surface area (Å²) in [7, 11) is 4.10. The van der Waals surface area contributed by atoms with Gasteiger partial charge < -0.3 is 9.80 Å². The molecule has 2 aromatic rings. The lowest BCUT2D eigenvalue weighted by Gasteiger charge is -2.36. The second kappa shape index (κ2) is 7.18. The average Bonchev–Trinajstić information content (AvgIpc) is 2.62. The van der Waals surface area contributed by atoms with Gasteiger partial charge in [0.2, 0.25) is 5.95 Å². The summed E-state index contributed by atoms with van der Waals surface area (Å²) in [6.45, 7) is 8.65. The monoisotopic (exact) mass is 325 g/mol. The molecule has 5 heteroatoms. The van der Waals surface area contributed by atoms with E-state index in [0.717, 1.165) is 43.3 Å². The van der Waals surface area contributed by atoms with Gasteiger partial charge in [-0.3, -0.25) is 4.90 Å². The van der Waals surface area contributed by atoms with Crippen LogP contribution in [0.2, 0.25) is 0 Å². The first-order valence-electron chi connectivity index (χ1n) is 8.63. The van der Waals surface area contributed by atoms with Gasteiger partial charge in [0.25, 0.3) is 0 Å². The van der Waals surface area contributed by atoms with E-state index in [1.165, 1.54) is 5.69 Å². The lowest BCUT2D eigenvalue weighted by Crippen LogP contribution is -2.49. The third-order valence-electron chi connectivity index (χ3n) is 4.68. The van der Waals surface area contributed by atoms with Crippen LogP contribution in [0.15, 0.2) is 36.7 Å². The second-order valence-corrected chi connectivity index (χ2v) is 6.83. The number of nitrogens with zero attached hydrogens (tertiary/aromatic N) is 5. The van der Waals surface area contributed by atoms with Crippen molar-refractivity contribution in [3.05, 3.63) is 36.7 Å². The molecule has 0 radical (unpaired) electrons. The van der Waals surface area contributed by atoms with E-state index >= 15 is 0 Å². The fourth-order valence-electron chi connectivity index (χ4n) is 3.02. The van der Waals surface area contributed by atoms with E-state index in [2.05, 4.69) is 62.8 Å². The van der Waals surface area contributed by atoms with Gasteiger partial charge >= 0.3 is 0 Å². The van der Waals surface area contributed by atoms with Crippen LogP contribution < -0.4 is 9.80 Å². The maximum Gasteiger partial charge on any atom is 0.225 e. The summed E-state index contributed by atoms with van der Waals surface area (Å²) in [4.78, 5) is 16.1. The summed E-state index contributed by atoms with van der Waals surface area (Å²) in [6, 6.07) is 9.09. The fraction of sp³-hybridized carbons (Fsp3) is 0.474. The quantitative estimate of drug-likeness (QED) is 0.864. The summed E-state index contributed by atoms with van der Waals surface area (Å²) in [6.07, 6.45) is 3.86. The number of benzene rings is 1. The normalized spacial score (nSPS) is 15.8. The van der Waals surface area contributed by atoms with E-state index in [9.17, 15) is 0 Å². The maximum atomic E-state index is 4.59. The van der Waals surface area contributed by atoms with Crippen LogP contribution in [-0.2, 0) is 0 Å². The number of aromatic nitrogens is 2. The van der Waals surface area contributed by atoms with Gasteiger partial charge in [-0.15, -0.1) is 0 Å². The van der Waals surface area contributed by atoms with Gasteiger partial charge in [0.05, 0.1) is 0 Å². The zero-order valence-electron chi connectivity index (χ0n) is 15.1. The van der Waals surface area contributed by atoms with Gasteiger partial charge in [-0.1, -0.05) is 12.1 Å². The number of anilines is 2. The van der Waals surface area contributed by atoms with Crippen LogP contribution in [-0.4, -0.2) is 61.2 Å². The minimum absolute atomic E-state index is 0.612. The van der Waals surface area contributed by atoms with E-state index in [1.807, 2.05) is 26.5 Å². The van der Waals surface area contributed by atoms with Crippen molar-refractivity contribution < 1.29 is 0 Å². The second-order valence-electron chi connectivity index (χ2n) is 6.83. The maximum absolute atomic E-state index is 4.59. The van der Waals surface area contributed by atoms with Gasteiger partial charge in [0.15, 0.2) is 0 Å². The molecule has 2 heterocycles. The van der Waals surface area contributed by atoms with Crippen molar-refractivity contribution in [2.24, 2.45) is 0 Å². The van der Waals surface area contributed by atoms with Crippen molar-refractivity contribution in [1.82, 2.24) is 14.9 Å². The standard InChI is InChI=1S/C19H27N5/c1-15(2)23-9-11-24(12-10-23)19-20-13-17(14-21-19)16-5-7-18(8-6-16)22(3)4/h5-8,13-15H,9-12H2,1-4H3. The van der Waals surface area contributed by atoms with Crippen molar-refractivity contribution in [2.75, 3.05) is 50.1 Å². The molecule has 24 heavy (non-hydrogen) atoms. The van der Waals surface area contributed by atoms with Crippen molar-refractivity contribution in [3.8, 4) is 11.1 Å². The van der Waals surface area contributed by atoms with E-state index in [-0.39, 0.29) is 0 Å². The molecule has 0 unspecified atom stereocenters. The molecule has 0 saturated carbocycles. The van der Waals surface area contributed by atoms with Crippen molar-refractivity contribution in [1.29, 1.82) is 0 Å². The molecule has 1 aliphatic heterocycles. The number of rotatable bonds is 4. The third-order valence-corrected chi connectivity index (χ3v) is 4.68. The van der Waals surface area contributed by atoms with Crippen LogP contribution in [0, 0.1) is 0 Å². The first-order chi connectivity index (χ1) is 11.5. The van der Waals surface area contributed by atoms with Crippen LogP contribution >= 0.6 is 0 Å². The third kappa shape index (κ3) is 3.67. The molecule has 1 saturated heterocycles. The van der Waals surface area contributed by atoms with E-state index in [4.69, 9.17) is 0 Å². The Morgan fingerprint density at radius 2 is 1.46 bits per heavy atom. The summed E-state index contributed by atoms with van der Waals surface area (Å²) < 4.78 is 0. The highest BCUT2D eigenvalue weighted by Gasteiger charge is 2.20. The predicted octanol–water partition coefficient (Wildman–Crippen LogP) is 2.74. The summed E-state index contributed by atoms with van der Waals surface area (Å²) in [5, 5.41) is 0. The Labute approximate surface area is 144 Å². The van der Waals surface area contributed by atoms with Crippen molar-refractivity contribution >= 4 is 11.6 Å². The average molecular weight is 325 g/mol. The molecule has 0 atom stereocenters. The molecule has 0 aliphatic carbocycles. The molecule has 1 aromatic heterocycles. The van der Waals surface area contributed by atoms with Crippen molar-refractivity contribution in [3.63, 3.8) is 0 Å². The number of hydrogen-bond acceptors (Lipinski definition) is 5. The molecule has 1 aromatic carbocycles. The van der Waals surface area contributed by atoms with Gasteiger partial charge in [0, 0.05) is 70.0 Å². The minimum Gasteiger partial charge on any atom is -0.378 e. The van der Waals surface area contributed by atoms with Crippen LogP contribution in [0.5, 0.6) is 0 Å². The molecule has 0 spiro atoms. The molecule has 1 aliphatic rings. The number of hydrogen-bond donors (Lipinski definition) is 0. The van der Waals surface area contributed by atoms with Crippen molar-refractivity contribution in [2.45, 2.75) is 19.9 Å². The summed E-state index contributed by atoms with van der Waals surface area (Å²) >= 11 is 0.